The van der Waals surface area contributed by atoms with Crippen LogP contribution in [-0.4, -0.2) is 50.5 Å². The first-order valence-electron chi connectivity index (χ1n) is 6.33. The van der Waals surface area contributed by atoms with Gasteiger partial charge in [-0.2, -0.15) is 0 Å². The quantitative estimate of drug-likeness (QED) is 0.700. The Labute approximate surface area is 115 Å². The first-order chi connectivity index (χ1) is 8.92. The van der Waals surface area contributed by atoms with Crippen LogP contribution < -0.4 is 10.2 Å². The smallest absolute Gasteiger partial charge is 0.149 e. The topological polar surface area (TPSA) is 75.2 Å². The van der Waals surface area contributed by atoms with Crippen molar-refractivity contribution in [2.45, 2.75) is 19.9 Å². The van der Waals surface area contributed by atoms with Crippen LogP contribution >= 0.6 is 0 Å². The van der Waals surface area contributed by atoms with Gasteiger partial charge in [-0.15, -0.1) is 0 Å². The van der Waals surface area contributed by atoms with E-state index in [1.807, 2.05) is 7.05 Å². The molecule has 7 heteroatoms. The standard InChI is InChI=1S/C12H22N4O2S/c1-4-5-13-8-11-9-14-10-12(15-11)16(2)6-7-19(3,17)18/h9-10,13H,4-8H2,1-3H3. The van der Waals surface area contributed by atoms with Gasteiger partial charge in [-0.1, -0.05) is 6.92 Å². The van der Waals surface area contributed by atoms with Gasteiger partial charge in [0.15, 0.2) is 0 Å². The average molecular weight is 286 g/mol. The molecule has 0 saturated heterocycles. The van der Waals surface area contributed by atoms with E-state index in [4.69, 9.17) is 0 Å². The minimum atomic E-state index is -2.96. The molecule has 0 fully saturated rings. The van der Waals surface area contributed by atoms with E-state index in [2.05, 4.69) is 22.2 Å². The molecule has 0 saturated carbocycles. The van der Waals surface area contributed by atoms with E-state index in [0.717, 1.165) is 18.7 Å². The van der Waals surface area contributed by atoms with Crippen LogP contribution in [0.3, 0.4) is 0 Å². The zero-order valence-corrected chi connectivity index (χ0v) is 12.6. The SMILES string of the molecule is CCCNCc1cncc(N(C)CCS(C)(=O)=O)n1. The number of aromatic nitrogens is 2. The lowest BCUT2D eigenvalue weighted by Crippen LogP contribution is -2.26. The zero-order valence-electron chi connectivity index (χ0n) is 11.8. The third-order valence-corrected chi connectivity index (χ3v) is 3.52. The number of sulfone groups is 1. The summed E-state index contributed by atoms with van der Waals surface area (Å²) in [5.74, 6) is 0.809. The summed E-state index contributed by atoms with van der Waals surface area (Å²) in [5.41, 5.74) is 0.858. The monoisotopic (exact) mass is 286 g/mol. The molecule has 1 N–H and O–H groups in total. The van der Waals surface area contributed by atoms with Gasteiger partial charge in [0, 0.05) is 32.6 Å². The van der Waals surface area contributed by atoms with Crippen molar-refractivity contribution in [2.24, 2.45) is 0 Å². The molecule has 1 rings (SSSR count). The summed E-state index contributed by atoms with van der Waals surface area (Å²) in [4.78, 5) is 10.4. The summed E-state index contributed by atoms with van der Waals surface area (Å²) in [5, 5.41) is 3.26. The predicted molar refractivity (Wildman–Crippen MR) is 77.0 cm³/mol. The van der Waals surface area contributed by atoms with Crippen molar-refractivity contribution in [3.8, 4) is 0 Å². The largest absolute Gasteiger partial charge is 0.357 e. The Balaban J connectivity index is 2.59. The van der Waals surface area contributed by atoms with Gasteiger partial charge in [0.05, 0.1) is 17.6 Å². The van der Waals surface area contributed by atoms with Crippen molar-refractivity contribution < 1.29 is 8.42 Å². The highest BCUT2D eigenvalue weighted by molar-refractivity contribution is 7.90. The Kier molecular flexibility index (Phi) is 6.17. The first kappa shape index (κ1) is 15.8. The van der Waals surface area contributed by atoms with E-state index < -0.39 is 9.84 Å². The van der Waals surface area contributed by atoms with Crippen LogP contribution in [0.15, 0.2) is 12.4 Å². The molecular formula is C12H22N4O2S. The number of hydrogen-bond donors (Lipinski definition) is 1. The van der Waals surface area contributed by atoms with Crippen LogP contribution in [-0.2, 0) is 16.4 Å². The number of rotatable bonds is 8. The highest BCUT2D eigenvalue weighted by Gasteiger charge is 2.08. The number of nitrogens with zero attached hydrogens (tertiary/aromatic N) is 3. The fourth-order valence-corrected chi connectivity index (χ4v) is 2.08. The van der Waals surface area contributed by atoms with Crippen LogP contribution in [0.5, 0.6) is 0 Å². The molecular weight excluding hydrogens is 264 g/mol. The van der Waals surface area contributed by atoms with Crippen LogP contribution in [0.4, 0.5) is 5.82 Å². The lowest BCUT2D eigenvalue weighted by atomic mass is 10.4. The predicted octanol–water partition coefficient (Wildman–Crippen LogP) is 0.457. The summed E-state index contributed by atoms with van der Waals surface area (Å²) in [6.07, 6.45) is 5.67. The molecule has 0 aliphatic heterocycles. The molecule has 0 unspecified atom stereocenters. The maximum atomic E-state index is 11.1. The Morgan fingerprint density at radius 1 is 1.37 bits per heavy atom. The van der Waals surface area contributed by atoms with Gasteiger partial charge in [0.25, 0.3) is 0 Å². The molecule has 0 aliphatic carbocycles. The highest BCUT2D eigenvalue weighted by atomic mass is 32.2. The van der Waals surface area contributed by atoms with E-state index in [9.17, 15) is 8.42 Å². The summed E-state index contributed by atoms with van der Waals surface area (Å²) in [6, 6.07) is 0. The number of nitrogens with one attached hydrogen (secondary N) is 1. The lowest BCUT2D eigenvalue weighted by Gasteiger charge is -2.17. The second-order valence-corrected chi connectivity index (χ2v) is 6.86. The molecule has 0 radical (unpaired) electrons. The van der Waals surface area contributed by atoms with Crippen LogP contribution in [0.1, 0.15) is 19.0 Å². The summed E-state index contributed by atoms with van der Waals surface area (Å²) in [6.45, 7) is 4.14. The molecule has 1 aromatic rings. The van der Waals surface area contributed by atoms with Crippen molar-refractivity contribution in [3.63, 3.8) is 0 Å². The van der Waals surface area contributed by atoms with Gasteiger partial charge in [0.1, 0.15) is 15.7 Å². The van der Waals surface area contributed by atoms with Gasteiger partial charge in [-0.3, -0.25) is 4.98 Å². The third-order valence-electron chi connectivity index (χ3n) is 2.59. The summed E-state index contributed by atoms with van der Waals surface area (Å²) in [7, 11) is -1.14. The van der Waals surface area contributed by atoms with Gasteiger partial charge in [-0.05, 0) is 13.0 Å². The Morgan fingerprint density at radius 3 is 2.74 bits per heavy atom. The molecule has 0 atom stereocenters. The van der Waals surface area contributed by atoms with Crippen LogP contribution in [0.2, 0.25) is 0 Å². The molecule has 1 heterocycles. The molecule has 0 spiro atoms. The van der Waals surface area contributed by atoms with E-state index in [1.165, 1.54) is 6.26 Å². The van der Waals surface area contributed by atoms with Crippen molar-refractivity contribution >= 4 is 15.7 Å². The lowest BCUT2D eigenvalue weighted by molar-refractivity contribution is 0.601. The number of hydrogen-bond acceptors (Lipinski definition) is 6. The van der Waals surface area contributed by atoms with Gasteiger partial charge in [0.2, 0.25) is 0 Å². The van der Waals surface area contributed by atoms with Crippen LogP contribution in [0.25, 0.3) is 0 Å². The van der Waals surface area contributed by atoms with Crippen molar-refractivity contribution in [2.75, 3.05) is 37.0 Å². The van der Waals surface area contributed by atoms with Crippen LogP contribution in [0, 0.1) is 0 Å². The molecule has 6 nitrogen and oxygen atoms in total. The maximum absolute atomic E-state index is 11.1. The van der Waals surface area contributed by atoms with Crippen molar-refractivity contribution in [1.29, 1.82) is 0 Å². The molecule has 19 heavy (non-hydrogen) atoms. The molecule has 0 aromatic carbocycles. The highest BCUT2D eigenvalue weighted by Crippen LogP contribution is 2.07. The van der Waals surface area contributed by atoms with E-state index in [1.54, 1.807) is 17.3 Å². The summed E-state index contributed by atoms with van der Waals surface area (Å²) >= 11 is 0. The van der Waals surface area contributed by atoms with Crippen molar-refractivity contribution in [1.82, 2.24) is 15.3 Å². The molecule has 1 aromatic heterocycles. The number of anilines is 1. The fraction of sp³-hybridized carbons (Fsp3) is 0.667. The van der Waals surface area contributed by atoms with E-state index in [0.29, 0.717) is 18.9 Å². The van der Waals surface area contributed by atoms with Crippen molar-refractivity contribution in [3.05, 3.63) is 18.1 Å². The fourth-order valence-electron chi connectivity index (χ4n) is 1.47. The van der Waals surface area contributed by atoms with Gasteiger partial charge >= 0.3 is 0 Å². The average Bonchev–Trinajstić information content (AvgIpc) is 2.36. The van der Waals surface area contributed by atoms with Gasteiger partial charge < -0.3 is 10.2 Å². The van der Waals surface area contributed by atoms with Gasteiger partial charge in [-0.25, -0.2) is 13.4 Å². The Bertz CT molecular complexity index is 490. The second-order valence-electron chi connectivity index (χ2n) is 4.60. The summed E-state index contributed by atoms with van der Waals surface area (Å²) < 4.78 is 22.3. The third kappa shape index (κ3) is 6.49. The molecule has 108 valence electrons. The Hall–Kier alpha value is -1.21. The maximum Gasteiger partial charge on any atom is 0.149 e. The molecule has 0 aliphatic rings. The first-order valence-corrected chi connectivity index (χ1v) is 8.39. The minimum absolute atomic E-state index is 0.115. The normalized spacial score (nSPS) is 11.5. The Morgan fingerprint density at radius 2 is 2.11 bits per heavy atom. The minimum Gasteiger partial charge on any atom is -0.357 e. The molecule has 0 bridgehead atoms. The van der Waals surface area contributed by atoms with E-state index in [-0.39, 0.29) is 5.75 Å². The van der Waals surface area contributed by atoms with E-state index >= 15 is 0 Å². The second kappa shape index (κ2) is 7.40. The zero-order chi connectivity index (χ0) is 14.3. The molecule has 0 amide bonds.